The summed E-state index contributed by atoms with van der Waals surface area (Å²) in [4.78, 5) is 22.9. The van der Waals surface area contributed by atoms with E-state index in [0.717, 1.165) is 19.4 Å². The molecule has 0 spiro atoms. The molecule has 1 aliphatic heterocycles. The Bertz CT molecular complexity index is 336. The normalized spacial score (nSPS) is 23.0. The van der Waals surface area contributed by atoms with E-state index in [9.17, 15) is 9.59 Å². The maximum Gasteiger partial charge on any atom is 0.245 e. The molecule has 1 rings (SSSR count). The fourth-order valence-electron chi connectivity index (χ4n) is 2.48. The minimum absolute atomic E-state index is 0.237. The molecule has 0 aromatic rings. The van der Waals surface area contributed by atoms with Gasteiger partial charge in [-0.05, 0) is 19.8 Å². The van der Waals surface area contributed by atoms with Crippen LogP contribution in [0.15, 0.2) is 0 Å². The number of nitrogens with one attached hydrogen (secondary N) is 2. The van der Waals surface area contributed by atoms with E-state index in [1.54, 1.807) is 14.0 Å². The van der Waals surface area contributed by atoms with E-state index in [2.05, 4.69) is 17.6 Å². The van der Waals surface area contributed by atoms with E-state index in [0.29, 0.717) is 12.5 Å². The molecule has 0 saturated carbocycles. The quantitative estimate of drug-likeness (QED) is 0.746. The Morgan fingerprint density at radius 3 is 2.50 bits per heavy atom. The van der Waals surface area contributed by atoms with Crippen LogP contribution in [-0.4, -0.2) is 50.3 Å². The zero-order chi connectivity index (χ0) is 17.1. The molecule has 1 fully saturated rings. The molecule has 6 heteroatoms. The first-order chi connectivity index (χ1) is 10.5. The molecule has 0 aromatic carbocycles. The van der Waals surface area contributed by atoms with Gasteiger partial charge in [0.15, 0.2) is 0 Å². The molecular formula is C16H32N2O4. The number of amides is 2. The lowest BCUT2D eigenvalue weighted by molar-refractivity contribution is -0.132. The number of rotatable bonds is 7. The van der Waals surface area contributed by atoms with Gasteiger partial charge < -0.3 is 20.1 Å². The number of carbonyl (C=O) groups is 2. The van der Waals surface area contributed by atoms with Crippen molar-refractivity contribution in [1.82, 2.24) is 10.6 Å². The summed E-state index contributed by atoms with van der Waals surface area (Å²) >= 11 is 0. The van der Waals surface area contributed by atoms with Crippen LogP contribution >= 0.6 is 0 Å². The van der Waals surface area contributed by atoms with Crippen LogP contribution in [0.3, 0.4) is 0 Å². The van der Waals surface area contributed by atoms with Gasteiger partial charge in [-0.25, -0.2) is 0 Å². The summed E-state index contributed by atoms with van der Waals surface area (Å²) in [5, 5.41) is 5.16. The number of carbonyl (C=O) groups excluding carboxylic acids is 2. The summed E-state index contributed by atoms with van der Waals surface area (Å²) in [6.07, 6.45) is 1.81. The molecule has 0 bridgehead atoms. The molecule has 4 atom stereocenters. The molecule has 22 heavy (non-hydrogen) atoms. The highest BCUT2D eigenvalue weighted by Gasteiger charge is 2.30. The maximum atomic E-state index is 11.8. The van der Waals surface area contributed by atoms with Crippen molar-refractivity contribution in [2.45, 2.75) is 65.7 Å². The molecule has 1 heterocycles. The molecule has 0 aromatic heterocycles. The van der Waals surface area contributed by atoms with Gasteiger partial charge in [0, 0.05) is 26.5 Å². The van der Waals surface area contributed by atoms with E-state index < -0.39 is 6.04 Å². The molecule has 0 radical (unpaired) electrons. The predicted molar refractivity (Wildman–Crippen MR) is 86.6 cm³/mol. The van der Waals surface area contributed by atoms with E-state index in [4.69, 9.17) is 9.47 Å². The first-order valence-electron chi connectivity index (χ1n) is 8.21. The van der Waals surface area contributed by atoms with E-state index >= 15 is 0 Å². The fraction of sp³-hybridized carbons (Fsp3) is 0.875. The van der Waals surface area contributed by atoms with Crippen molar-refractivity contribution in [2.75, 3.05) is 20.3 Å². The minimum Gasteiger partial charge on any atom is -0.378 e. The number of likely N-dealkylation sites (N-methyl/N-ethyl adjacent to an activating group) is 1. The standard InChI is InChI=1S/C14H26N2O4.C2H6/c1-5-12-11(6-7-19-12)8-20-9(2)13(14(18)15-4)16-10(3)17;1-2/h9,11-13H,5-8H2,1-4H3,(H,15,18)(H,16,17);1-2H3/t9?,11?,12-,13?;/m0./s1. The summed E-state index contributed by atoms with van der Waals surface area (Å²) in [5.41, 5.74) is 0. The lowest BCUT2D eigenvalue weighted by atomic mass is 10.0. The van der Waals surface area contributed by atoms with Crippen molar-refractivity contribution in [2.24, 2.45) is 5.92 Å². The summed E-state index contributed by atoms with van der Waals surface area (Å²) in [7, 11) is 1.54. The SMILES string of the molecule is CC.CC[C@@H]1OCCC1COC(C)C(NC(C)=O)C(=O)NC. The molecule has 2 amide bonds. The smallest absolute Gasteiger partial charge is 0.245 e. The third-order valence-electron chi connectivity index (χ3n) is 3.68. The maximum absolute atomic E-state index is 11.8. The van der Waals surface area contributed by atoms with Crippen LogP contribution in [0.2, 0.25) is 0 Å². The lowest BCUT2D eigenvalue weighted by Crippen LogP contribution is -2.52. The molecule has 0 aliphatic carbocycles. The lowest BCUT2D eigenvalue weighted by Gasteiger charge is -2.25. The van der Waals surface area contributed by atoms with Crippen LogP contribution in [0.4, 0.5) is 0 Å². The zero-order valence-electron chi connectivity index (χ0n) is 14.8. The van der Waals surface area contributed by atoms with Crippen LogP contribution in [0, 0.1) is 5.92 Å². The molecule has 6 nitrogen and oxygen atoms in total. The van der Waals surface area contributed by atoms with E-state index in [-0.39, 0.29) is 24.0 Å². The average Bonchev–Trinajstić information content (AvgIpc) is 2.98. The number of hydrogen-bond acceptors (Lipinski definition) is 4. The van der Waals surface area contributed by atoms with Gasteiger partial charge in [0.2, 0.25) is 11.8 Å². The number of hydrogen-bond donors (Lipinski definition) is 2. The van der Waals surface area contributed by atoms with E-state index in [1.165, 1.54) is 6.92 Å². The molecule has 1 saturated heterocycles. The Kier molecular flexibility index (Phi) is 10.8. The monoisotopic (exact) mass is 316 g/mol. The third kappa shape index (κ3) is 6.75. The fourth-order valence-corrected chi connectivity index (χ4v) is 2.48. The minimum atomic E-state index is -0.667. The van der Waals surface area contributed by atoms with Crippen molar-refractivity contribution in [3.05, 3.63) is 0 Å². The first kappa shape index (κ1) is 20.9. The molecule has 2 N–H and O–H groups in total. The second-order valence-corrected chi connectivity index (χ2v) is 5.20. The van der Waals surface area contributed by atoms with Gasteiger partial charge in [0.1, 0.15) is 6.04 Å². The summed E-state index contributed by atoms with van der Waals surface area (Å²) in [6.45, 7) is 10.6. The van der Waals surface area contributed by atoms with Crippen molar-refractivity contribution < 1.29 is 19.1 Å². The van der Waals surface area contributed by atoms with Gasteiger partial charge in [0.25, 0.3) is 0 Å². The van der Waals surface area contributed by atoms with Crippen LogP contribution in [0.1, 0.15) is 47.5 Å². The summed E-state index contributed by atoms with van der Waals surface area (Å²) < 4.78 is 11.4. The Hall–Kier alpha value is -1.14. The van der Waals surface area contributed by atoms with Crippen LogP contribution < -0.4 is 10.6 Å². The van der Waals surface area contributed by atoms with Gasteiger partial charge >= 0.3 is 0 Å². The van der Waals surface area contributed by atoms with Crippen molar-refractivity contribution in [1.29, 1.82) is 0 Å². The Labute approximate surface area is 134 Å². The van der Waals surface area contributed by atoms with Crippen LogP contribution in [-0.2, 0) is 19.1 Å². The second kappa shape index (κ2) is 11.4. The van der Waals surface area contributed by atoms with Crippen LogP contribution in [0.25, 0.3) is 0 Å². The Balaban J connectivity index is 0.00000211. The van der Waals surface area contributed by atoms with Gasteiger partial charge in [-0.3, -0.25) is 9.59 Å². The highest BCUT2D eigenvalue weighted by molar-refractivity contribution is 5.87. The second-order valence-electron chi connectivity index (χ2n) is 5.20. The highest BCUT2D eigenvalue weighted by atomic mass is 16.5. The molecule has 130 valence electrons. The van der Waals surface area contributed by atoms with Gasteiger partial charge in [-0.15, -0.1) is 0 Å². The van der Waals surface area contributed by atoms with Crippen molar-refractivity contribution >= 4 is 11.8 Å². The van der Waals surface area contributed by atoms with Gasteiger partial charge in [-0.1, -0.05) is 20.8 Å². The van der Waals surface area contributed by atoms with Crippen molar-refractivity contribution in [3.63, 3.8) is 0 Å². The topological polar surface area (TPSA) is 76.7 Å². The zero-order valence-corrected chi connectivity index (χ0v) is 14.8. The molecule has 1 aliphatic rings. The first-order valence-corrected chi connectivity index (χ1v) is 8.21. The Morgan fingerprint density at radius 2 is 2.00 bits per heavy atom. The summed E-state index contributed by atoms with van der Waals surface area (Å²) in [5.74, 6) is -0.128. The van der Waals surface area contributed by atoms with E-state index in [1.807, 2.05) is 13.8 Å². The van der Waals surface area contributed by atoms with Crippen LogP contribution in [0.5, 0.6) is 0 Å². The largest absolute Gasteiger partial charge is 0.378 e. The Morgan fingerprint density at radius 1 is 1.36 bits per heavy atom. The van der Waals surface area contributed by atoms with Gasteiger partial charge in [0.05, 0.1) is 18.8 Å². The van der Waals surface area contributed by atoms with Crippen molar-refractivity contribution in [3.8, 4) is 0 Å². The number of ether oxygens (including phenoxy) is 2. The average molecular weight is 316 g/mol. The summed E-state index contributed by atoms with van der Waals surface area (Å²) in [6, 6.07) is -0.667. The van der Waals surface area contributed by atoms with Gasteiger partial charge in [-0.2, -0.15) is 0 Å². The highest BCUT2D eigenvalue weighted by Crippen LogP contribution is 2.24. The predicted octanol–water partition coefficient (Wildman–Crippen LogP) is 1.48. The molecular weight excluding hydrogens is 284 g/mol. The molecule has 3 unspecified atom stereocenters. The third-order valence-corrected chi connectivity index (χ3v) is 3.68.